The molecule has 1 aliphatic rings. The normalized spacial score (nSPS) is 15.8. The van der Waals surface area contributed by atoms with E-state index in [2.05, 4.69) is 4.90 Å². The van der Waals surface area contributed by atoms with Crippen molar-refractivity contribution in [1.29, 1.82) is 0 Å². The van der Waals surface area contributed by atoms with Crippen molar-refractivity contribution in [3.05, 3.63) is 52.5 Å². The SMILES string of the molecule is CCOc1ccc(S(=O)(=O)N2CCN(c3cc(Cl)ccc3C)CC2)cc1C. The van der Waals surface area contributed by atoms with Crippen LogP contribution in [0.2, 0.25) is 5.02 Å². The van der Waals surface area contributed by atoms with E-state index in [0.717, 1.165) is 22.6 Å². The van der Waals surface area contributed by atoms with Gasteiger partial charge < -0.3 is 9.64 Å². The van der Waals surface area contributed by atoms with E-state index >= 15 is 0 Å². The number of anilines is 1. The van der Waals surface area contributed by atoms with Crippen molar-refractivity contribution in [2.75, 3.05) is 37.7 Å². The third-order valence-corrected chi connectivity index (χ3v) is 6.96. The summed E-state index contributed by atoms with van der Waals surface area (Å²) in [4.78, 5) is 2.51. The van der Waals surface area contributed by atoms with E-state index in [1.165, 1.54) is 0 Å². The van der Waals surface area contributed by atoms with Gasteiger partial charge in [0.2, 0.25) is 10.0 Å². The fourth-order valence-electron chi connectivity index (χ4n) is 3.34. The van der Waals surface area contributed by atoms with E-state index in [0.29, 0.717) is 42.7 Å². The van der Waals surface area contributed by atoms with Crippen LogP contribution in [0.15, 0.2) is 41.3 Å². The summed E-state index contributed by atoms with van der Waals surface area (Å²) in [5.74, 6) is 0.720. The highest BCUT2D eigenvalue weighted by Crippen LogP contribution is 2.28. The molecule has 0 aromatic heterocycles. The summed E-state index contributed by atoms with van der Waals surface area (Å²) in [5, 5.41) is 0.690. The van der Waals surface area contributed by atoms with Crippen LogP contribution < -0.4 is 9.64 Å². The molecule has 0 unspecified atom stereocenters. The zero-order chi connectivity index (χ0) is 19.6. The average Bonchev–Trinajstić information content (AvgIpc) is 2.65. The van der Waals surface area contributed by atoms with Crippen LogP contribution in [-0.4, -0.2) is 45.5 Å². The molecule has 0 saturated carbocycles. The molecule has 27 heavy (non-hydrogen) atoms. The van der Waals surface area contributed by atoms with Gasteiger partial charge in [-0.1, -0.05) is 17.7 Å². The molecule has 7 heteroatoms. The van der Waals surface area contributed by atoms with Gasteiger partial charge in [0.25, 0.3) is 0 Å². The maximum Gasteiger partial charge on any atom is 0.243 e. The smallest absolute Gasteiger partial charge is 0.243 e. The molecule has 5 nitrogen and oxygen atoms in total. The van der Waals surface area contributed by atoms with Crippen LogP contribution in [0.4, 0.5) is 5.69 Å². The van der Waals surface area contributed by atoms with E-state index < -0.39 is 10.0 Å². The summed E-state index contributed by atoms with van der Waals surface area (Å²) in [7, 11) is -3.52. The Labute approximate surface area is 166 Å². The van der Waals surface area contributed by atoms with Crippen LogP contribution >= 0.6 is 11.6 Å². The van der Waals surface area contributed by atoms with Gasteiger partial charge >= 0.3 is 0 Å². The van der Waals surface area contributed by atoms with Gasteiger partial charge in [-0.25, -0.2) is 8.42 Å². The molecule has 146 valence electrons. The minimum atomic E-state index is -3.52. The summed E-state index contributed by atoms with van der Waals surface area (Å²) >= 11 is 6.12. The molecule has 3 rings (SSSR count). The first-order valence-electron chi connectivity index (χ1n) is 9.07. The number of rotatable bonds is 5. The number of halogens is 1. The van der Waals surface area contributed by atoms with Gasteiger partial charge in [0.15, 0.2) is 0 Å². The molecule has 0 amide bonds. The molecule has 0 atom stereocenters. The fraction of sp³-hybridized carbons (Fsp3) is 0.400. The number of hydrogen-bond acceptors (Lipinski definition) is 4. The molecule has 1 fully saturated rings. The monoisotopic (exact) mass is 408 g/mol. The summed E-state index contributed by atoms with van der Waals surface area (Å²) in [6.07, 6.45) is 0. The Balaban J connectivity index is 1.75. The number of ether oxygens (including phenoxy) is 1. The zero-order valence-electron chi connectivity index (χ0n) is 15.9. The molecule has 0 bridgehead atoms. The molecule has 1 heterocycles. The van der Waals surface area contributed by atoms with Crippen molar-refractivity contribution in [2.45, 2.75) is 25.7 Å². The molecular formula is C20H25ClN2O3S. The lowest BCUT2D eigenvalue weighted by Gasteiger charge is -2.36. The number of benzene rings is 2. The van der Waals surface area contributed by atoms with Gasteiger partial charge in [-0.05, 0) is 62.2 Å². The highest BCUT2D eigenvalue weighted by atomic mass is 35.5. The number of piperazine rings is 1. The maximum atomic E-state index is 13.0. The van der Waals surface area contributed by atoms with Crippen molar-refractivity contribution >= 4 is 27.3 Å². The molecule has 1 saturated heterocycles. The Morgan fingerprint density at radius 3 is 2.33 bits per heavy atom. The second-order valence-electron chi connectivity index (χ2n) is 6.68. The van der Waals surface area contributed by atoms with Gasteiger partial charge in [0.05, 0.1) is 11.5 Å². The molecule has 0 radical (unpaired) electrons. The topological polar surface area (TPSA) is 49.9 Å². The lowest BCUT2D eigenvalue weighted by atomic mass is 10.1. The fourth-order valence-corrected chi connectivity index (χ4v) is 5.02. The first kappa shape index (κ1) is 20.0. The van der Waals surface area contributed by atoms with Gasteiger partial charge in [-0.2, -0.15) is 4.31 Å². The number of sulfonamides is 1. The minimum absolute atomic E-state index is 0.316. The standard InChI is InChI=1S/C20H25ClN2O3S/c1-4-26-20-8-7-18(13-16(20)3)27(24,25)23-11-9-22(10-12-23)19-14-17(21)6-5-15(19)2/h5-8,13-14H,4,9-12H2,1-3H3. The van der Waals surface area contributed by atoms with Crippen molar-refractivity contribution in [3.63, 3.8) is 0 Å². The van der Waals surface area contributed by atoms with E-state index in [1.54, 1.807) is 22.5 Å². The van der Waals surface area contributed by atoms with Crippen molar-refractivity contribution in [3.8, 4) is 5.75 Å². The lowest BCUT2D eigenvalue weighted by Crippen LogP contribution is -2.48. The first-order valence-corrected chi connectivity index (χ1v) is 10.9. The molecule has 0 aliphatic carbocycles. The average molecular weight is 409 g/mol. The van der Waals surface area contributed by atoms with Crippen LogP contribution in [0.25, 0.3) is 0 Å². The summed E-state index contributed by atoms with van der Waals surface area (Å²) < 4.78 is 33.1. The van der Waals surface area contributed by atoms with E-state index in [1.807, 2.05) is 39.0 Å². The van der Waals surface area contributed by atoms with Crippen molar-refractivity contribution in [2.24, 2.45) is 0 Å². The van der Waals surface area contributed by atoms with Crippen LogP contribution in [0.3, 0.4) is 0 Å². The molecular weight excluding hydrogens is 384 g/mol. The Kier molecular flexibility index (Phi) is 5.99. The van der Waals surface area contributed by atoms with Crippen LogP contribution in [0.5, 0.6) is 5.75 Å². The second kappa shape index (κ2) is 8.09. The third kappa shape index (κ3) is 4.23. The second-order valence-corrected chi connectivity index (χ2v) is 9.06. The largest absolute Gasteiger partial charge is 0.494 e. The highest BCUT2D eigenvalue weighted by Gasteiger charge is 2.29. The Bertz CT molecular complexity index is 923. The molecule has 0 N–H and O–H groups in total. The first-order chi connectivity index (χ1) is 12.8. The Morgan fingerprint density at radius 2 is 1.70 bits per heavy atom. The predicted molar refractivity (Wildman–Crippen MR) is 110 cm³/mol. The predicted octanol–water partition coefficient (Wildman–Crippen LogP) is 3.87. The minimum Gasteiger partial charge on any atom is -0.494 e. The summed E-state index contributed by atoms with van der Waals surface area (Å²) in [5.41, 5.74) is 3.03. The summed E-state index contributed by atoms with van der Waals surface area (Å²) in [6, 6.07) is 10.8. The van der Waals surface area contributed by atoms with Crippen LogP contribution in [-0.2, 0) is 10.0 Å². The third-order valence-electron chi connectivity index (χ3n) is 4.83. The van der Waals surface area contributed by atoms with Crippen LogP contribution in [0.1, 0.15) is 18.1 Å². The molecule has 0 spiro atoms. The van der Waals surface area contributed by atoms with Crippen molar-refractivity contribution in [1.82, 2.24) is 4.31 Å². The number of nitrogens with zero attached hydrogens (tertiary/aromatic N) is 2. The number of hydrogen-bond donors (Lipinski definition) is 0. The maximum absolute atomic E-state index is 13.0. The van der Waals surface area contributed by atoms with Gasteiger partial charge in [-0.3, -0.25) is 0 Å². The van der Waals surface area contributed by atoms with Gasteiger partial charge in [0, 0.05) is 36.9 Å². The quantitative estimate of drug-likeness (QED) is 0.753. The summed E-state index contributed by atoms with van der Waals surface area (Å²) in [6.45, 7) is 8.53. The van der Waals surface area contributed by atoms with E-state index in [9.17, 15) is 8.42 Å². The molecule has 2 aromatic rings. The zero-order valence-corrected chi connectivity index (χ0v) is 17.5. The van der Waals surface area contributed by atoms with E-state index in [4.69, 9.17) is 16.3 Å². The molecule has 1 aliphatic heterocycles. The number of aryl methyl sites for hydroxylation is 2. The van der Waals surface area contributed by atoms with E-state index in [-0.39, 0.29) is 0 Å². The highest BCUT2D eigenvalue weighted by molar-refractivity contribution is 7.89. The van der Waals surface area contributed by atoms with Crippen molar-refractivity contribution < 1.29 is 13.2 Å². The van der Waals surface area contributed by atoms with Gasteiger partial charge in [-0.15, -0.1) is 0 Å². The van der Waals surface area contributed by atoms with Gasteiger partial charge in [0.1, 0.15) is 5.75 Å². The lowest BCUT2D eigenvalue weighted by molar-refractivity contribution is 0.337. The van der Waals surface area contributed by atoms with Crippen LogP contribution in [0, 0.1) is 13.8 Å². The Morgan fingerprint density at radius 1 is 1.00 bits per heavy atom. The molecule has 2 aromatic carbocycles. The Hall–Kier alpha value is -1.76.